The van der Waals surface area contributed by atoms with Crippen LogP contribution in [0.2, 0.25) is 0 Å². The fourth-order valence-electron chi connectivity index (χ4n) is 3.93. The highest BCUT2D eigenvalue weighted by Crippen LogP contribution is 2.35. The Hall–Kier alpha value is -4.34. The highest BCUT2D eigenvalue weighted by molar-refractivity contribution is 6.02. The van der Waals surface area contributed by atoms with Crippen LogP contribution in [-0.4, -0.2) is 38.4 Å². The predicted molar refractivity (Wildman–Crippen MR) is 120 cm³/mol. The van der Waals surface area contributed by atoms with Crippen LogP contribution in [0.1, 0.15) is 24.3 Å². The smallest absolute Gasteiger partial charge is 0.335 e. The van der Waals surface area contributed by atoms with Crippen LogP contribution in [0, 0.1) is 0 Å². The Balaban J connectivity index is 1.85. The molecule has 4 aromatic rings. The molecule has 0 saturated heterocycles. The number of benzene rings is 2. The van der Waals surface area contributed by atoms with Crippen molar-refractivity contribution in [1.82, 2.24) is 19.1 Å². The summed E-state index contributed by atoms with van der Waals surface area (Å²) in [5, 5.41) is 0. The van der Waals surface area contributed by atoms with Crippen LogP contribution in [-0.2, 0) is 6.54 Å². The standard InChI is InChI=1S/C23H21N5O5/c1-3-27-19-18(20(24)29)25-21(14-7-5-6-8-15(14)31-4-2)26-22(19)28(23(27)30)13-9-10-16-17(11-13)33-12-32-16/h5-11H,3-4,12H2,1-2H3,(H2,24,29). The molecule has 0 bridgehead atoms. The van der Waals surface area contributed by atoms with E-state index in [0.717, 1.165) is 0 Å². The third kappa shape index (κ3) is 3.27. The number of ether oxygens (including phenoxy) is 3. The molecule has 1 aliphatic rings. The maximum Gasteiger partial charge on any atom is 0.335 e. The van der Waals surface area contributed by atoms with Gasteiger partial charge in [0, 0.05) is 12.6 Å². The number of carbonyl (C=O) groups excluding carboxylic acids is 1. The number of nitrogens with zero attached hydrogens (tertiary/aromatic N) is 4. The van der Waals surface area contributed by atoms with Crippen LogP contribution < -0.4 is 25.6 Å². The second kappa shape index (κ2) is 7.97. The number of nitrogens with two attached hydrogens (primary N) is 1. The summed E-state index contributed by atoms with van der Waals surface area (Å²) in [6.45, 7) is 4.51. The van der Waals surface area contributed by atoms with E-state index < -0.39 is 5.91 Å². The van der Waals surface area contributed by atoms with Gasteiger partial charge in [-0.1, -0.05) is 12.1 Å². The molecular weight excluding hydrogens is 426 g/mol. The van der Waals surface area contributed by atoms with E-state index in [0.29, 0.717) is 41.7 Å². The number of rotatable bonds is 6. The van der Waals surface area contributed by atoms with Crippen LogP contribution in [0.5, 0.6) is 17.2 Å². The van der Waals surface area contributed by atoms with E-state index in [1.54, 1.807) is 37.3 Å². The van der Waals surface area contributed by atoms with Gasteiger partial charge < -0.3 is 19.9 Å². The van der Waals surface area contributed by atoms with Crippen LogP contribution in [0.3, 0.4) is 0 Å². The number of fused-ring (bicyclic) bond motifs is 2. The van der Waals surface area contributed by atoms with E-state index in [2.05, 4.69) is 4.98 Å². The minimum absolute atomic E-state index is 0.0419. The molecule has 0 unspecified atom stereocenters. The number of hydrogen-bond acceptors (Lipinski definition) is 7. The zero-order valence-corrected chi connectivity index (χ0v) is 18.1. The first kappa shape index (κ1) is 20.6. The van der Waals surface area contributed by atoms with E-state index >= 15 is 0 Å². The summed E-state index contributed by atoms with van der Waals surface area (Å²) in [7, 11) is 0. The maximum atomic E-state index is 13.4. The van der Waals surface area contributed by atoms with Gasteiger partial charge in [0.1, 0.15) is 11.3 Å². The van der Waals surface area contributed by atoms with Gasteiger partial charge in [-0.25, -0.2) is 19.3 Å². The van der Waals surface area contributed by atoms with Crippen LogP contribution in [0.4, 0.5) is 0 Å². The van der Waals surface area contributed by atoms with E-state index in [4.69, 9.17) is 24.9 Å². The Morgan fingerprint density at radius 2 is 1.91 bits per heavy atom. The van der Waals surface area contributed by atoms with Crippen LogP contribution >= 0.6 is 0 Å². The van der Waals surface area contributed by atoms with E-state index in [9.17, 15) is 9.59 Å². The second-order valence-corrected chi connectivity index (χ2v) is 7.26. The Kier molecular flexibility index (Phi) is 4.97. The highest BCUT2D eigenvalue weighted by atomic mass is 16.7. The molecule has 0 spiro atoms. The number of para-hydroxylation sites is 1. The summed E-state index contributed by atoms with van der Waals surface area (Å²) in [4.78, 5) is 35.0. The highest BCUT2D eigenvalue weighted by Gasteiger charge is 2.25. The fourth-order valence-corrected chi connectivity index (χ4v) is 3.93. The molecule has 168 valence electrons. The molecule has 10 heteroatoms. The summed E-state index contributed by atoms with van der Waals surface area (Å²) < 4.78 is 19.4. The largest absolute Gasteiger partial charge is 0.493 e. The molecule has 2 aromatic carbocycles. The Labute approximate surface area is 188 Å². The second-order valence-electron chi connectivity index (χ2n) is 7.26. The minimum atomic E-state index is -0.762. The lowest BCUT2D eigenvalue weighted by Gasteiger charge is -2.11. The fraction of sp³-hybridized carbons (Fsp3) is 0.217. The summed E-state index contributed by atoms with van der Waals surface area (Å²) in [5.74, 6) is 1.13. The zero-order valence-electron chi connectivity index (χ0n) is 18.1. The normalized spacial score (nSPS) is 12.3. The Morgan fingerprint density at radius 1 is 1.12 bits per heavy atom. The lowest BCUT2D eigenvalue weighted by atomic mass is 10.1. The Bertz CT molecular complexity index is 1460. The van der Waals surface area contributed by atoms with Crippen molar-refractivity contribution in [2.24, 2.45) is 5.73 Å². The number of amides is 1. The van der Waals surface area contributed by atoms with Crippen molar-refractivity contribution in [3.8, 4) is 34.3 Å². The molecule has 0 radical (unpaired) electrons. The number of imidazole rings is 1. The molecule has 0 atom stereocenters. The van der Waals surface area contributed by atoms with Gasteiger partial charge in [0.15, 0.2) is 28.7 Å². The van der Waals surface area contributed by atoms with Crippen molar-refractivity contribution in [2.45, 2.75) is 20.4 Å². The molecular formula is C23H21N5O5. The maximum absolute atomic E-state index is 13.4. The molecule has 33 heavy (non-hydrogen) atoms. The van der Waals surface area contributed by atoms with Gasteiger partial charge in [-0.15, -0.1) is 0 Å². The number of aryl methyl sites for hydroxylation is 1. The SMILES string of the molecule is CCOc1ccccc1-c1nc(C(N)=O)c2c(n1)n(-c1ccc3c(c1)OCO3)c(=O)n2CC. The van der Waals surface area contributed by atoms with Gasteiger partial charge in [-0.2, -0.15) is 0 Å². The number of carbonyl (C=O) groups is 1. The van der Waals surface area contributed by atoms with Gasteiger partial charge in [-0.05, 0) is 38.1 Å². The van der Waals surface area contributed by atoms with Crippen molar-refractivity contribution in [3.63, 3.8) is 0 Å². The molecule has 1 aliphatic heterocycles. The quantitative estimate of drug-likeness (QED) is 0.482. The summed E-state index contributed by atoms with van der Waals surface area (Å²) in [6, 6.07) is 12.4. The minimum Gasteiger partial charge on any atom is -0.493 e. The van der Waals surface area contributed by atoms with Crippen molar-refractivity contribution >= 4 is 17.1 Å². The lowest BCUT2D eigenvalue weighted by molar-refractivity contribution is 0.0997. The lowest BCUT2D eigenvalue weighted by Crippen LogP contribution is -2.23. The summed E-state index contributed by atoms with van der Waals surface area (Å²) in [5.41, 5.74) is 6.90. The molecule has 1 amide bonds. The first-order valence-corrected chi connectivity index (χ1v) is 10.5. The number of hydrogen-bond donors (Lipinski definition) is 1. The third-order valence-electron chi connectivity index (χ3n) is 5.36. The zero-order chi connectivity index (χ0) is 23.1. The predicted octanol–water partition coefficient (Wildman–Crippen LogP) is 2.50. The van der Waals surface area contributed by atoms with Crippen molar-refractivity contribution in [2.75, 3.05) is 13.4 Å². The van der Waals surface area contributed by atoms with E-state index in [1.807, 2.05) is 19.1 Å². The topological polar surface area (TPSA) is 123 Å². The van der Waals surface area contributed by atoms with Gasteiger partial charge in [-0.3, -0.25) is 9.36 Å². The van der Waals surface area contributed by atoms with E-state index in [-0.39, 0.29) is 35.2 Å². The molecule has 0 saturated carbocycles. The molecule has 3 heterocycles. The number of primary amides is 1. The van der Waals surface area contributed by atoms with Gasteiger partial charge in [0.2, 0.25) is 6.79 Å². The first-order chi connectivity index (χ1) is 16.0. The van der Waals surface area contributed by atoms with E-state index in [1.165, 1.54) is 9.13 Å². The molecule has 0 aliphatic carbocycles. The van der Waals surface area contributed by atoms with Crippen molar-refractivity contribution in [1.29, 1.82) is 0 Å². The Morgan fingerprint density at radius 3 is 2.67 bits per heavy atom. The van der Waals surface area contributed by atoms with Gasteiger partial charge >= 0.3 is 5.69 Å². The molecule has 2 aromatic heterocycles. The van der Waals surface area contributed by atoms with Gasteiger partial charge in [0.25, 0.3) is 5.91 Å². The summed E-state index contributed by atoms with van der Waals surface area (Å²) in [6.07, 6.45) is 0. The van der Waals surface area contributed by atoms with Crippen molar-refractivity contribution < 1.29 is 19.0 Å². The molecule has 2 N–H and O–H groups in total. The van der Waals surface area contributed by atoms with Crippen LogP contribution in [0.15, 0.2) is 47.3 Å². The van der Waals surface area contributed by atoms with Crippen LogP contribution in [0.25, 0.3) is 28.2 Å². The molecule has 0 fully saturated rings. The number of aromatic nitrogens is 4. The monoisotopic (exact) mass is 447 g/mol. The first-order valence-electron chi connectivity index (χ1n) is 10.5. The average Bonchev–Trinajstić information content (AvgIpc) is 3.39. The molecule has 5 rings (SSSR count). The molecule has 10 nitrogen and oxygen atoms in total. The summed E-state index contributed by atoms with van der Waals surface area (Å²) >= 11 is 0. The average molecular weight is 447 g/mol. The van der Waals surface area contributed by atoms with Gasteiger partial charge in [0.05, 0.1) is 17.9 Å². The third-order valence-corrected chi connectivity index (χ3v) is 5.36. The van der Waals surface area contributed by atoms with Crippen molar-refractivity contribution in [3.05, 3.63) is 58.6 Å².